The predicted molar refractivity (Wildman–Crippen MR) is 108 cm³/mol. The number of nitriles is 2. The van der Waals surface area contributed by atoms with Gasteiger partial charge >= 0.3 is 0 Å². The first-order valence-electron chi connectivity index (χ1n) is 10.7. The Balaban J connectivity index is 1.90. The van der Waals surface area contributed by atoms with Gasteiger partial charge in [-0.25, -0.2) is 0 Å². The van der Waals surface area contributed by atoms with Crippen LogP contribution in [0.15, 0.2) is 12.1 Å². The number of rotatable bonds is 9. The molecule has 0 amide bonds. The number of hydrogen-bond donors (Lipinski definition) is 0. The molecule has 0 saturated heterocycles. The Bertz CT molecular complexity index is 639. The van der Waals surface area contributed by atoms with E-state index in [1.165, 1.54) is 51.4 Å². The zero-order valence-corrected chi connectivity index (χ0v) is 16.7. The molecule has 1 fully saturated rings. The summed E-state index contributed by atoms with van der Waals surface area (Å²) in [6.45, 7) is 4.39. The Morgan fingerprint density at radius 1 is 0.769 bits per heavy atom. The van der Waals surface area contributed by atoms with Crippen molar-refractivity contribution in [2.75, 3.05) is 0 Å². The van der Waals surface area contributed by atoms with Crippen molar-refractivity contribution in [1.29, 1.82) is 10.5 Å². The molecule has 2 nitrogen and oxygen atoms in total. The molecular formula is C24H34N2. The van der Waals surface area contributed by atoms with E-state index >= 15 is 0 Å². The molecule has 0 aliphatic heterocycles. The van der Waals surface area contributed by atoms with Crippen LogP contribution in [0.2, 0.25) is 0 Å². The van der Waals surface area contributed by atoms with Crippen LogP contribution in [0, 0.1) is 34.5 Å². The monoisotopic (exact) mass is 350 g/mol. The third kappa shape index (κ3) is 5.60. The summed E-state index contributed by atoms with van der Waals surface area (Å²) in [5, 5.41) is 19.1. The molecule has 0 heterocycles. The van der Waals surface area contributed by atoms with E-state index in [1.807, 2.05) is 0 Å². The largest absolute Gasteiger partial charge is 0.192 e. The summed E-state index contributed by atoms with van der Waals surface area (Å²) in [5.74, 6) is 1.75. The molecule has 140 valence electrons. The minimum Gasteiger partial charge on any atom is -0.192 e. The molecule has 0 aromatic heterocycles. The summed E-state index contributed by atoms with van der Waals surface area (Å²) < 4.78 is 0. The number of hydrogen-bond acceptors (Lipinski definition) is 2. The van der Waals surface area contributed by atoms with Gasteiger partial charge < -0.3 is 0 Å². The number of aryl methyl sites for hydroxylation is 2. The summed E-state index contributed by atoms with van der Waals surface area (Å²) in [5.41, 5.74) is 3.36. The quantitative estimate of drug-likeness (QED) is 0.465. The molecule has 1 aromatic carbocycles. The Hall–Kier alpha value is -1.80. The number of benzene rings is 1. The van der Waals surface area contributed by atoms with Gasteiger partial charge in [-0.2, -0.15) is 10.5 Å². The maximum absolute atomic E-state index is 9.60. The van der Waals surface area contributed by atoms with Gasteiger partial charge in [-0.15, -0.1) is 0 Å². The van der Waals surface area contributed by atoms with Gasteiger partial charge in [0.1, 0.15) is 12.1 Å². The van der Waals surface area contributed by atoms with Gasteiger partial charge in [0.2, 0.25) is 0 Å². The standard InChI is InChI=1S/C24H34N2/c1-3-5-6-8-19-9-11-20(12-10-19)13-14-22-16-15-21(7-4-2)23(17-25)24(22)18-26/h15-16,19-20H,3-14H2,1-2H3/t19-,20-. The first-order valence-corrected chi connectivity index (χ1v) is 10.7. The average molecular weight is 351 g/mol. The molecule has 0 radical (unpaired) electrons. The van der Waals surface area contributed by atoms with Crippen LogP contribution in [-0.4, -0.2) is 0 Å². The van der Waals surface area contributed by atoms with E-state index in [1.54, 1.807) is 0 Å². The van der Waals surface area contributed by atoms with Gasteiger partial charge in [-0.1, -0.05) is 83.8 Å². The highest BCUT2D eigenvalue weighted by Crippen LogP contribution is 2.34. The van der Waals surface area contributed by atoms with Crippen molar-refractivity contribution >= 4 is 0 Å². The Kier molecular flexibility index (Phi) is 8.70. The maximum Gasteiger partial charge on any atom is 0.101 e. The predicted octanol–water partition coefficient (Wildman–Crippen LogP) is 6.70. The van der Waals surface area contributed by atoms with E-state index in [4.69, 9.17) is 0 Å². The third-order valence-corrected chi connectivity index (χ3v) is 6.13. The summed E-state index contributed by atoms with van der Waals surface area (Å²) >= 11 is 0. The van der Waals surface area contributed by atoms with Gasteiger partial charge in [0, 0.05) is 0 Å². The van der Waals surface area contributed by atoms with Crippen LogP contribution in [0.4, 0.5) is 0 Å². The first kappa shape index (κ1) is 20.5. The van der Waals surface area contributed by atoms with Crippen LogP contribution in [0.1, 0.15) is 100 Å². The highest BCUT2D eigenvalue weighted by Gasteiger charge is 2.21. The van der Waals surface area contributed by atoms with Gasteiger partial charge in [0.25, 0.3) is 0 Å². The second-order valence-corrected chi connectivity index (χ2v) is 8.03. The molecule has 1 aliphatic carbocycles. The first-order chi connectivity index (χ1) is 12.7. The smallest absolute Gasteiger partial charge is 0.101 e. The molecule has 26 heavy (non-hydrogen) atoms. The molecule has 1 aliphatic rings. The van der Waals surface area contributed by atoms with Crippen LogP contribution in [0.5, 0.6) is 0 Å². The fraction of sp³-hybridized carbons (Fsp3) is 0.667. The maximum atomic E-state index is 9.60. The van der Waals surface area contributed by atoms with E-state index in [2.05, 4.69) is 38.1 Å². The fourth-order valence-electron chi connectivity index (χ4n) is 4.48. The number of unbranched alkanes of at least 4 members (excludes halogenated alkanes) is 2. The average Bonchev–Trinajstić information content (AvgIpc) is 2.67. The van der Waals surface area contributed by atoms with Crippen LogP contribution >= 0.6 is 0 Å². The fourth-order valence-corrected chi connectivity index (χ4v) is 4.48. The van der Waals surface area contributed by atoms with Crippen LogP contribution < -0.4 is 0 Å². The highest BCUT2D eigenvalue weighted by atomic mass is 14.3. The SMILES string of the molecule is CCCCC[C@H]1CC[C@H](CCc2ccc(CCC)c(C#N)c2C#N)CC1. The van der Waals surface area contributed by atoms with Crippen LogP contribution in [0.3, 0.4) is 0 Å². The molecule has 0 spiro atoms. The van der Waals surface area contributed by atoms with E-state index in [0.29, 0.717) is 11.1 Å². The van der Waals surface area contributed by atoms with Crippen LogP contribution in [0.25, 0.3) is 0 Å². The summed E-state index contributed by atoms with van der Waals surface area (Å²) in [7, 11) is 0. The normalized spacial score (nSPS) is 19.7. The van der Waals surface area contributed by atoms with Crippen molar-refractivity contribution in [3.8, 4) is 12.1 Å². The second-order valence-electron chi connectivity index (χ2n) is 8.03. The van der Waals surface area contributed by atoms with Gasteiger partial charge in [0.15, 0.2) is 0 Å². The lowest BCUT2D eigenvalue weighted by molar-refractivity contribution is 0.249. The Morgan fingerprint density at radius 3 is 1.81 bits per heavy atom. The van der Waals surface area contributed by atoms with Crippen molar-refractivity contribution in [1.82, 2.24) is 0 Å². The molecule has 0 atom stereocenters. The summed E-state index contributed by atoms with van der Waals surface area (Å²) in [4.78, 5) is 0. The zero-order chi connectivity index (χ0) is 18.8. The lowest BCUT2D eigenvalue weighted by Gasteiger charge is -2.28. The van der Waals surface area contributed by atoms with Crippen molar-refractivity contribution in [2.45, 2.75) is 90.9 Å². The van der Waals surface area contributed by atoms with Crippen molar-refractivity contribution in [2.24, 2.45) is 11.8 Å². The lowest BCUT2D eigenvalue weighted by atomic mass is 9.77. The van der Waals surface area contributed by atoms with E-state index in [0.717, 1.165) is 48.6 Å². The molecule has 1 aromatic rings. The molecule has 2 heteroatoms. The van der Waals surface area contributed by atoms with E-state index in [9.17, 15) is 10.5 Å². The zero-order valence-electron chi connectivity index (χ0n) is 16.7. The lowest BCUT2D eigenvalue weighted by Crippen LogP contribution is -2.15. The van der Waals surface area contributed by atoms with E-state index in [-0.39, 0.29) is 0 Å². The van der Waals surface area contributed by atoms with Crippen LogP contribution in [-0.2, 0) is 12.8 Å². The highest BCUT2D eigenvalue weighted by molar-refractivity contribution is 5.54. The third-order valence-electron chi connectivity index (χ3n) is 6.13. The van der Waals surface area contributed by atoms with E-state index < -0.39 is 0 Å². The van der Waals surface area contributed by atoms with Crippen molar-refractivity contribution in [3.05, 3.63) is 34.4 Å². The Labute approximate surface area is 160 Å². The summed E-state index contributed by atoms with van der Waals surface area (Å²) in [6, 6.07) is 8.77. The number of nitrogens with zero attached hydrogens (tertiary/aromatic N) is 2. The topological polar surface area (TPSA) is 47.6 Å². The second kappa shape index (κ2) is 11.0. The van der Waals surface area contributed by atoms with Gasteiger partial charge in [-0.05, 0) is 42.2 Å². The summed E-state index contributed by atoms with van der Waals surface area (Å²) in [6.07, 6.45) is 15.0. The minimum atomic E-state index is 0.617. The van der Waals surface area contributed by atoms with Crippen molar-refractivity contribution < 1.29 is 0 Å². The molecular weight excluding hydrogens is 316 g/mol. The van der Waals surface area contributed by atoms with Gasteiger partial charge in [-0.3, -0.25) is 0 Å². The molecule has 0 N–H and O–H groups in total. The van der Waals surface area contributed by atoms with Crippen molar-refractivity contribution in [3.63, 3.8) is 0 Å². The Morgan fingerprint density at radius 2 is 1.31 bits per heavy atom. The van der Waals surface area contributed by atoms with Gasteiger partial charge in [0.05, 0.1) is 11.1 Å². The molecule has 1 saturated carbocycles. The minimum absolute atomic E-state index is 0.617. The molecule has 0 bridgehead atoms. The molecule has 0 unspecified atom stereocenters. The molecule has 2 rings (SSSR count).